The highest BCUT2D eigenvalue weighted by Crippen LogP contribution is 2.38. The van der Waals surface area contributed by atoms with E-state index in [9.17, 15) is 19.4 Å². The molecule has 0 aromatic carbocycles. The van der Waals surface area contributed by atoms with Crippen molar-refractivity contribution in [1.82, 2.24) is 5.32 Å². The highest BCUT2D eigenvalue weighted by molar-refractivity contribution is 7.45. The van der Waals surface area contributed by atoms with E-state index >= 15 is 0 Å². The van der Waals surface area contributed by atoms with E-state index in [0.717, 1.165) is 51.4 Å². The summed E-state index contributed by atoms with van der Waals surface area (Å²) >= 11 is 0. The molecule has 0 aliphatic heterocycles. The van der Waals surface area contributed by atoms with Crippen molar-refractivity contribution in [2.24, 2.45) is 0 Å². The number of quaternary nitrogens is 1. The van der Waals surface area contributed by atoms with Crippen molar-refractivity contribution in [1.29, 1.82) is 0 Å². The number of unbranched alkanes of at least 4 members (excludes halogenated alkanes) is 32. The van der Waals surface area contributed by atoms with Gasteiger partial charge in [0, 0.05) is 6.42 Å². The molecule has 3 atom stereocenters. The van der Waals surface area contributed by atoms with E-state index < -0.39 is 20.0 Å². The first kappa shape index (κ1) is 61.7. The fourth-order valence-electron chi connectivity index (χ4n) is 7.90. The van der Waals surface area contributed by atoms with Crippen molar-refractivity contribution >= 4 is 13.7 Å². The summed E-state index contributed by atoms with van der Waals surface area (Å²) in [4.78, 5) is 25.4. The molecule has 63 heavy (non-hydrogen) atoms. The number of carbonyl (C=O) groups is 1. The highest BCUT2D eigenvalue weighted by atomic mass is 31.2. The van der Waals surface area contributed by atoms with Crippen LogP contribution >= 0.6 is 7.82 Å². The largest absolute Gasteiger partial charge is 0.756 e. The molecule has 0 aliphatic rings. The minimum absolute atomic E-state index is 0.000157. The lowest BCUT2D eigenvalue weighted by Crippen LogP contribution is -2.45. The Morgan fingerprint density at radius 3 is 1.40 bits per heavy atom. The lowest BCUT2D eigenvalue weighted by Gasteiger charge is -2.29. The van der Waals surface area contributed by atoms with Crippen molar-refractivity contribution < 1.29 is 32.9 Å². The van der Waals surface area contributed by atoms with Gasteiger partial charge in [0.15, 0.2) is 0 Å². The highest BCUT2D eigenvalue weighted by Gasteiger charge is 2.23. The monoisotopic (exact) mass is 909 g/mol. The maximum atomic E-state index is 12.9. The lowest BCUT2D eigenvalue weighted by molar-refractivity contribution is -0.870. The van der Waals surface area contributed by atoms with E-state index in [4.69, 9.17) is 9.05 Å². The van der Waals surface area contributed by atoms with Gasteiger partial charge < -0.3 is 28.8 Å². The van der Waals surface area contributed by atoms with Crippen LogP contribution in [0, 0.1) is 0 Å². The Morgan fingerprint density at radius 1 is 0.571 bits per heavy atom. The molecule has 3 unspecified atom stereocenters. The summed E-state index contributed by atoms with van der Waals surface area (Å²) in [5.41, 5.74) is 0. The van der Waals surface area contributed by atoms with Crippen molar-refractivity contribution in [3.63, 3.8) is 0 Å². The second kappa shape index (κ2) is 45.9. The molecule has 0 bridgehead atoms. The molecule has 0 aliphatic carbocycles. The van der Waals surface area contributed by atoms with Crippen LogP contribution in [0.15, 0.2) is 36.5 Å². The number of nitrogens with zero attached hydrogens (tertiary/aromatic N) is 1. The predicted molar refractivity (Wildman–Crippen MR) is 270 cm³/mol. The van der Waals surface area contributed by atoms with Crippen LogP contribution < -0.4 is 10.2 Å². The van der Waals surface area contributed by atoms with Crippen LogP contribution in [0.4, 0.5) is 0 Å². The fourth-order valence-corrected chi connectivity index (χ4v) is 8.62. The number of hydrogen-bond donors (Lipinski definition) is 2. The Balaban J connectivity index is 4.25. The lowest BCUT2D eigenvalue weighted by atomic mass is 10.0. The molecule has 0 heterocycles. The number of aliphatic hydroxyl groups is 1. The summed E-state index contributed by atoms with van der Waals surface area (Å²) in [7, 11) is 1.27. The van der Waals surface area contributed by atoms with Gasteiger partial charge in [-0.25, -0.2) is 0 Å². The number of phosphoric ester groups is 1. The summed E-state index contributed by atoms with van der Waals surface area (Å²) in [6, 6.07) is -0.885. The van der Waals surface area contributed by atoms with Crippen molar-refractivity contribution in [3.8, 4) is 0 Å². The third kappa shape index (κ3) is 48.5. The van der Waals surface area contributed by atoms with Gasteiger partial charge in [-0.2, -0.15) is 0 Å². The minimum atomic E-state index is -4.59. The molecule has 0 aromatic rings. The topological polar surface area (TPSA) is 108 Å². The molecule has 0 aromatic heterocycles. The summed E-state index contributed by atoms with van der Waals surface area (Å²) < 4.78 is 23.3. The number of carbonyl (C=O) groups excluding carboxylic acids is 1. The number of phosphoric acid groups is 1. The van der Waals surface area contributed by atoms with Gasteiger partial charge in [-0.3, -0.25) is 9.36 Å². The number of amides is 1. The van der Waals surface area contributed by atoms with Gasteiger partial charge in [0.25, 0.3) is 7.82 Å². The second-order valence-corrected chi connectivity index (χ2v) is 21.0. The SMILES string of the molecule is CC/C=C\C/C=C\CCCCCCCCCCCCCCCCC(=O)NC(COP(=O)([O-])OCC[N+](C)(C)C)C(O)/C=C/CCCCCCCCCCCCCCCCCCCC. The Hall–Kier alpha value is -1.28. The van der Waals surface area contributed by atoms with Crippen LogP contribution in [0.25, 0.3) is 0 Å². The molecule has 8 nitrogen and oxygen atoms in total. The third-order valence-electron chi connectivity index (χ3n) is 12.1. The molecule has 2 N–H and O–H groups in total. The van der Waals surface area contributed by atoms with E-state index in [1.807, 2.05) is 27.2 Å². The third-order valence-corrected chi connectivity index (χ3v) is 13.1. The van der Waals surface area contributed by atoms with Crippen LogP contribution in [0.3, 0.4) is 0 Å². The summed E-state index contributed by atoms with van der Waals surface area (Å²) in [5, 5.41) is 13.9. The first-order chi connectivity index (χ1) is 30.5. The molecule has 0 rings (SSSR count). The van der Waals surface area contributed by atoms with E-state index in [2.05, 4.69) is 43.5 Å². The number of allylic oxidation sites excluding steroid dienone is 5. The molecule has 9 heteroatoms. The molecular weight excluding hydrogens is 804 g/mol. The first-order valence-corrected chi connectivity index (χ1v) is 28.3. The van der Waals surface area contributed by atoms with Crippen LogP contribution in [0.5, 0.6) is 0 Å². The van der Waals surface area contributed by atoms with E-state index in [1.165, 1.54) is 180 Å². The van der Waals surface area contributed by atoms with Crippen molar-refractivity contribution in [2.45, 2.75) is 264 Å². The average Bonchev–Trinajstić information content (AvgIpc) is 3.24. The van der Waals surface area contributed by atoms with E-state index in [0.29, 0.717) is 17.4 Å². The van der Waals surface area contributed by atoms with Gasteiger partial charge in [0.05, 0.1) is 39.9 Å². The summed E-state index contributed by atoms with van der Waals surface area (Å²) in [6.45, 7) is 4.57. The zero-order valence-electron chi connectivity index (χ0n) is 42.3. The van der Waals surface area contributed by atoms with E-state index in [1.54, 1.807) is 6.08 Å². The molecule has 0 saturated heterocycles. The summed E-state index contributed by atoms with van der Waals surface area (Å²) in [5.74, 6) is -0.196. The Morgan fingerprint density at radius 2 is 0.968 bits per heavy atom. The fraction of sp³-hybridized carbons (Fsp3) is 0.870. The number of aliphatic hydroxyl groups excluding tert-OH is 1. The molecule has 372 valence electrons. The molecule has 0 saturated carbocycles. The van der Waals surface area contributed by atoms with Crippen LogP contribution in [0.1, 0.15) is 251 Å². The van der Waals surface area contributed by atoms with Gasteiger partial charge in [-0.1, -0.05) is 237 Å². The van der Waals surface area contributed by atoms with Crippen LogP contribution in [-0.2, 0) is 18.4 Å². The Kier molecular flexibility index (Phi) is 44.9. The van der Waals surface area contributed by atoms with Crippen LogP contribution in [0.2, 0.25) is 0 Å². The normalized spacial score (nSPS) is 14.3. The van der Waals surface area contributed by atoms with Gasteiger partial charge >= 0.3 is 0 Å². The smallest absolute Gasteiger partial charge is 0.268 e. The second-order valence-electron chi connectivity index (χ2n) is 19.6. The van der Waals surface area contributed by atoms with Gasteiger partial charge in [0.2, 0.25) is 5.91 Å². The average molecular weight is 909 g/mol. The molecule has 1 amide bonds. The van der Waals surface area contributed by atoms with Gasteiger partial charge in [-0.05, 0) is 44.9 Å². The first-order valence-electron chi connectivity index (χ1n) is 26.9. The van der Waals surface area contributed by atoms with Gasteiger partial charge in [-0.15, -0.1) is 0 Å². The molecule has 0 radical (unpaired) electrons. The quantitative estimate of drug-likeness (QED) is 0.0272. The van der Waals surface area contributed by atoms with Gasteiger partial charge in [0.1, 0.15) is 13.2 Å². The van der Waals surface area contributed by atoms with Crippen LogP contribution in [-0.4, -0.2) is 68.5 Å². The van der Waals surface area contributed by atoms with Crippen molar-refractivity contribution in [2.75, 3.05) is 40.9 Å². The number of hydrogen-bond acceptors (Lipinski definition) is 6. The Bertz CT molecular complexity index is 1120. The standard InChI is InChI=1S/C54H105N2O6P/c1-6-8-10-12-14-16-18-20-22-24-26-28-30-32-34-36-38-40-42-44-46-48-54(58)55-52(51-62-63(59,60)61-50-49-56(3,4)5)53(57)47-45-43-41-39-37-35-33-31-29-27-25-23-21-19-17-15-13-11-9-7-2/h8,10,14,16,45,47,52-53,57H,6-7,9,11-13,15,17-44,46,48-51H2,1-5H3,(H-,55,58,59,60)/b10-8-,16-14-,47-45+. The molecule has 0 fully saturated rings. The summed E-state index contributed by atoms with van der Waals surface area (Å²) in [6.07, 6.45) is 57.7. The maximum absolute atomic E-state index is 12.9. The molecule has 0 spiro atoms. The number of rotatable bonds is 49. The maximum Gasteiger partial charge on any atom is 0.268 e. The van der Waals surface area contributed by atoms with Crippen molar-refractivity contribution in [3.05, 3.63) is 36.5 Å². The minimum Gasteiger partial charge on any atom is -0.756 e. The Labute approximate surface area is 391 Å². The number of likely N-dealkylation sites (N-methyl/N-ethyl adjacent to an activating group) is 1. The molecular formula is C54H105N2O6P. The predicted octanol–water partition coefficient (Wildman–Crippen LogP) is 15.2. The zero-order valence-corrected chi connectivity index (χ0v) is 43.2. The van der Waals surface area contributed by atoms with E-state index in [-0.39, 0.29) is 19.1 Å². The zero-order chi connectivity index (χ0) is 46.4. The number of nitrogens with one attached hydrogen (secondary N) is 1.